The van der Waals surface area contributed by atoms with E-state index in [-0.39, 0.29) is 18.2 Å². The number of benzene rings is 3. The average molecular weight is 849 g/mol. The number of carbonyl (C=O) groups is 1. The monoisotopic (exact) mass is 848 g/mol. The molecule has 3 aliphatic rings. The normalized spacial score (nSPS) is 19.5. The van der Waals surface area contributed by atoms with E-state index >= 15 is 0 Å². The number of esters is 1. The Labute approximate surface area is 362 Å². The predicted octanol–water partition coefficient (Wildman–Crippen LogP) is 12.1. The van der Waals surface area contributed by atoms with Crippen molar-refractivity contribution in [2.24, 2.45) is 10.2 Å². The van der Waals surface area contributed by atoms with Crippen LogP contribution in [-0.4, -0.2) is 58.9 Å². The molecule has 3 aromatic carbocycles. The van der Waals surface area contributed by atoms with Gasteiger partial charge in [-0.2, -0.15) is 22.8 Å². The van der Waals surface area contributed by atoms with Gasteiger partial charge in [-0.05, 0) is 118 Å². The molecule has 5 aromatic rings. The molecule has 2 heterocycles. The predicted molar refractivity (Wildman–Crippen MR) is 249 cm³/mol. The Morgan fingerprint density at radius 3 is 1.76 bits per heavy atom. The molecule has 0 spiro atoms. The lowest BCUT2D eigenvalue weighted by atomic mass is 9.81. The van der Waals surface area contributed by atoms with Crippen LogP contribution in [0.25, 0.3) is 20.4 Å². The molecule has 0 unspecified atom stereocenters. The third-order valence-electron chi connectivity index (χ3n) is 12.0. The molecule has 0 radical (unpaired) electrons. The highest BCUT2D eigenvalue weighted by atomic mass is 32.1. The highest BCUT2D eigenvalue weighted by molar-refractivity contribution is 7.80. The Bertz CT molecular complexity index is 2040. The van der Waals surface area contributed by atoms with Crippen LogP contribution in [-0.2, 0) is 9.53 Å². The van der Waals surface area contributed by atoms with Gasteiger partial charge in [-0.3, -0.25) is 0 Å². The number of nitrogens with zero attached hydrogens (tertiary/aromatic N) is 6. The van der Waals surface area contributed by atoms with Gasteiger partial charge in [0.15, 0.2) is 0 Å². The highest BCUT2D eigenvalue weighted by Crippen LogP contribution is 2.39. The van der Waals surface area contributed by atoms with E-state index < -0.39 is 5.97 Å². The van der Waals surface area contributed by atoms with Gasteiger partial charge in [0, 0.05) is 23.8 Å². The molecule has 0 N–H and O–H groups in total. The first kappa shape index (κ1) is 41.6. The average Bonchev–Trinajstić information content (AvgIpc) is 3.92. The molecule has 59 heavy (non-hydrogen) atoms. The van der Waals surface area contributed by atoms with E-state index in [4.69, 9.17) is 29.6 Å². The van der Waals surface area contributed by atoms with Gasteiger partial charge in [-0.1, -0.05) is 92.0 Å². The Hall–Kier alpha value is -4.10. The summed E-state index contributed by atoms with van der Waals surface area (Å²) in [7, 11) is 0. The molecule has 0 bridgehead atoms. The summed E-state index contributed by atoms with van der Waals surface area (Å²) in [6.07, 6.45) is 22.7. The molecule has 0 amide bonds. The van der Waals surface area contributed by atoms with Crippen LogP contribution in [0.1, 0.15) is 125 Å². The van der Waals surface area contributed by atoms with E-state index in [1.807, 2.05) is 24.6 Å². The molecule has 0 atom stereocenters. The number of ether oxygens (including phenoxy) is 2. The summed E-state index contributed by atoms with van der Waals surface area (Å²) in [5, 5.41) is 16.5. The van der Waals surface area contributed by atoms with Crippen molar-refractivity contribution < 1.29 is 14.3 Å². The number of rotatable bonds is 16. The largest absolute Gasteiger partial charge is 0.422 e. The number of thiazole rings is 2. The van der Waals surface area contributed by atoms with Crippen molar-refractivity contribution in [3.05, 3.63) is 90.0 Å². The highest BCUT2D eigenvalue weighted by Gasteiger charge is 2.28. The van der Waals surface area contributed by atoms with Crippen LogP contribution < -0.4 is 14.8 Å². The van der Waals surface area contributed by atoms with Crippen LogP contribution in [0.3, 0.4) is 0 Å². The zero-order valence-corrected chi connectivity index (χ0v) is 36.4. The van der Waals surface area contributed by atoms with Crippen molar-refractivity contribution in [2.75, 3.05) is 22.4 Å². The van der Waals surface area contributed by atoms with Crippen molar-refractivity contribution in [3.63, 3.8) is 0 Å². The van der Waals surface area contributed by atoms with Crippen molar-refractivity contribution in [3.8, 4) is 5.75 Å². The molecule has 3 fully saturated rings. The minimum atomic E-state index is -0.525. The molecule has 2 aromatic heterocycles. The Morgan fingerprint density at radius 1 is 0.746 bits per heavy atom. The van der Waals surface area contributed by atoms with E-state index in [2.05, 4.69) is 77.8 Å². The number of para-hydroxylation sites is 2. The maximum atomic E-state index is 13.2. The topological polar surface area (TPSA) is 92.5 Å². The second-order valence-electron chi connectivity index (χ2n) is 16.1. The Morgan fingerprint density at radius 2 is 1.27 bits per heavy atom. The first-order valence-electron chi connectivity index (χ1n) is 21.7. The van der Waals surface area contributed by atoms with Gasteiger partial charge in [0.25, 0.3) is 0 Å². The molecular formula is C47H56N6O3S3. The molecule has 8 rings (SSSR count). The summed E-state index contributed by atoms with van der Waals surface area (Å²) in [5.74, 6) is 1.10. The summed E-state index contributed by atoms with van der Waals surface area (Å²) in [6.45, 7) is 4.54. The number of hydrazone groups is 2. The van der Waals surface area contributed by atoms with Crippen molar-refractivity contribution in [1.82, 2.24) is 9.97 Å². The van der Waals surface area contributed by atoms with Gasteiger partial charge in [0.1, 0.15) is 5.75 Å². The van der Waals surface area contributed by atoms with Gasteiger partial charge in [-0.25, -0.2) is 24.8 Å². The molecule has 12 heteroatoms. The minimum Gasteiger partial charge on any atom is -0.422 e. The Balaban J connectivity index is 1.19. The molecule has 0 aliphatic heterocycles. The third kappa shape index (κ3) is 10.4. The number of carbonyl (C=O) groups excluding carboxylic acids is 1. The maximum Gasteiger partial charge on any atom is 0.335 e. The lowest BCUT2D eigenvalue weighted by Gasteiger charge is -2.31. The number of hydrogen-bond acceptors (Lipinski definition) is 12. The van der Waals surface area contributed by atoms with Gasteiger partial charge in [0.05, 0.1) is 51.1 Å². The fraction of sp³-hybridized carbons (Fsp3) is 0.468. The smallest absolute Gasteiger partial charge is 0.335 e. The number of unbranched alkanes of at least 4 members (excludes halogenated alkanes) is 1. The molecule has 9 nitrogen and oxygen atoms in total. The van der Waals surface area contributed by atoms with Gasteiger partial charge in [-0.15, -0.1) is 0 Å². The van der Waals surface area contributed by atoms with E-state index in [1.165, 1.54) is 24.5 Å². The SMILES string of the molecule is C=CC(=O)Oc1c(/C=N/N(c2nc3ccccc3s2)C2CCCCC2)cc(C2CCC(OCCCCS)CC2)cc1/C=N/N(c1nc2ccccc2s1)C1CCCCC1. The summed E-state index contributed by atoms with van der Waals surface area (Å²) < 4.78 is 14.8. The quantitative estimate of drug-likeness (QED) is 0.0201. The number of aromatic nitrogens is 2. The summed E-state index contributed by atoms with van der Waals surface area (Å²) in [6, 6.07) is 21.3. The van der Waals surface area contributed by atoms with Gasteiger partial charge in [0.2, 0.25) is 10.3 Å². The zero-order valence-electron chi connectivity index (χ0n) is 33.9. The van der Waals surface area contributed by atoms with Crippen LogP contribution in [0, 0.1) is 0 Å². The standard InChI is InChI=1S/C47H56N6O3S3/c1-2-44(54)56-45-35(31-48-52(37-15-5-3-6-16-37)46-50-40-19-9-11-21-42(40)58-46)29-34(33-23-25-39(26-24-33)55-27-13-14-28-57)30-36(45)32-49-53(38-17-7-4-8-18-38)47-51-41-20-10-12-22-43(41)59-47/h2,9-12,19-22,29-33,37-39,57H,1,3-8,13-18,23-28H2/b48-31+,49-32+. The lowest BCUT2D eigenvalue weighted by Crippen LogP contribution is -2.33. The number of anilines is 2. The summed E-state index contributed by atoms with van der Waals surface area (Å²) >= 11 is 7.71. The van der Waals surface area contributed by atoms with E-state index in [0.717, 1.165) is 144 Å². The zero-order chi connectivity index (χ0) is 40.4. The molecule has 0 saturated heterocycles. The van der Waals surface area contributed by atoms with Crippen molar-refractivity contribution in [2.45, 2.75) is 127 Å². The summed E-state index contributed by atoms with van der Waals surface area (Å²) in [5.41, 5.74) is 4.60. The maximum absolute atomic E-state index is 13.2. The number of thiol groups is 1. The number of hydrogen-bond donors (Lipinski definition) is 1. The fourth-order valence-corrected chi connectivity index (χ4v) is 11.0. The van der Waals surface area contributed by atoms with Crippen molar-refractivity contribution >= 4 is 84.4 Å². The molecule has 3 aliphatic carbocycles. The van der Waals surface area contributed by atoms with E-state index in [1.54, 1.807) is 22.7 Å². The molecule has 310 valence electrons. The third-order valence-corrected chi connectivity index (χ3v) is 14.4. The Kier molecular flexibility index (Phi) is 14.4. The van der Waals surface area contributed by atoms with Crippen LogP contribution in [0.5, 0.6) is 5.75 Å². The summed E-state index contributed by atoms with van der Waals surface area (Å²) in [4.78, 5) is 23.3. The minimum absolute atomic E-state index is 0.227. The van der Waals surface area contributed by atoms with Gasteiger partial charge >= 0.3 is 5.97 Å². The van der Waals surface area contributed by atoms with Gasteiger partial charge < -0.3 is 9.47 Å². The van der Waals surface area contributed by atoms with Crippen LogP contribution in [0.4, 0.5) is 10.3 Å². The first-order chi connectivity index (χ1) is 29.1. The fourth-order valence-electron chi connectivity index (χ4n) is 8.83. The van der Waals surface area contributed by atoms with E-state index in [0.29, 0.717) is 11.7 Å². The molecule has 3 saturated carbocycles. The lowest BCUT2D eigenvalue weighted by molar-refractivity contribution is -0.128. The first-order valence-corrected chi connectivity index (χ1v) is 23.9. The second-order valence-corrected chi connectivity index (χ2v) is 18.6. The molecular weight excluding hydrogens is 793 g/mol. The van der Waals surface area contributed by atoms with E-state index in [9.17, 15) is 4.79 Å². The second kappa shape index (κ2) is 20.4. The van der Waals surface area contributed by atoms with Crippen LogP contribution in [0.15, 0.2) is 83.5 Å². The van der Waals surface area contributed by atoms with Crippen molar-refractivity contribution in [1.29, 1.82) is 0 Å². The van der Waals surface area contributed by atoms with Crippen LogP contribution in [0.2, 0.25) is 0 Å². The van der Waals surface area contributed by atoms with Crippen LogP contribution >= 0.6 is 35.3 Å². The number of fused-ring (bicyclic) bond motifs is 2.